The Balaban J connectivity index is 1.81. The molecule has 0 saturated carbocycles. The second-order valence-corrected chi connectivity index (χ2v) is 6.63. The number of aryl methyl sites for hydroxylation is 1. The Labute approximate surface area is 150 Å². The quantitative estimate of drug-likeness (QED) is 0.760. The predicted molar refractivity (Wildman–Crippen MR) is 95.6 cm³/mol. The van der Waals surface area contributed by atoms with Crippen LogP contribution in [0.5, 0.6) is 0 Å². The van der Waals surface area contributed by atoms with Crippen molar-refractivity contribution in [3.8, 4) is 11.5 Å². The number of hydrogen-bond donors (Lipinski definition) is 1. The first kappa shape index (κ1) is 16.7. The van der Waals surface area contributed by atoms with Gasteiger partial charge in [-0.1, -0.05) is 5.16 Å². The fourth-order valence-corrected chi connectivity index (χ4v) is 3.45. The lowest BCUT2D eigenvalue weighted by molar-refractivity contribution is 0.0518. The summed E-state index contributed by atoms with van der Waals surface area (Å²) in [6.45, 7) is 4.41. The van der Waals surface area contributed by atoms with Crippen LogP contribution in [0.3, 0.4) is 0 Å². The van der Waals surface area contributed by atoms with Crippen LogP contribution in [-0.4, -0.2) is 65.1 Å². The molecule has 1 fully saturated rings. The summed E-state index contributed by atoms with van der Waals surface area (Å²) < 4.78 is 10.8. The third kappa shape index (κ3) is 2.77. The Bertz CT molecular complexity index is 934. The normalized spacial score (nSPS) is 18.6. The highest BCUT2D eigenvalue weighted by molar-refractivity contribution is 6.07. The van der Waals surface area contributed by atoms with Crippen LogP contribution in [0.15, 0.2) is 33.4 Å². The van der Waals surface area contributed by atoms with E-state index in [1.807, 2.05) is 11.9 Å². The topological polar surface area (TPSA) is 102 Å². The summed E-state index contributed by atoms with van der Waals surface area (Å²) in [7, 11) is 2.04. The number of amides is 1. The number of likely N-dealkylation sites (N-methyl/N-ethyl adjacent to an activating group) is 1. The largest absolute Gasteiger partial charge is 0.463 e. The summed E-state index contributed by atoms with van der Waals surface area (Å²) in [5, 5.41) is 4.62. The van der Waals surface area contributed by atoms with Crippen LogP contribution in [-0.2, 0) is 0 Å². The summed E-state index contributed by atoms with van der Waals surface area (Å²) in [6.07, 6.45) is 1.57. The molecule has 0 radical (unpaired) electrons. The first-order chi connectivity index (χ1) is 12.6. The number of hydrogen-bond acceptors (Lipinski definition) is 7. The molecular formula is C18H21N5O3. The van der Waals surface area contributed by atoms with Crippen molar-refractivity contribution in [1.82, 2.24) is 19.9 Å². The van der Waals surface area contributed by atoms with Crippen molar-refractivity contribution in [2.45, 2.75) is 13.0 Å². The van der Waals surface area contributed by atoms with E-state index in [4.69, 9.17) is 14.7 Å². The standard InChI is InChI=1S/C18H21N5O3/c1-11-16-13(18(24)23-6-5-22(2)10-12(23)9-19)8-14(15-4-3-7-25-15)20-17(16)26-21-11/h3-4,7-8,12H,5-6,9-10,19H2,1-2H3/t12-/m1/s1. The summed E-state index contributed by atoms with van der Waals surface area (Å²) in [6, 6.07) is 5.29. The third-order valence-electron chi connectivity index (χ3n) is 4.84. The van der Waals surface area contributed by atoms with Gasteiger partial charge in [-0.2, -0.15) is 0 Å². The average Bonchev–Trinajstić information content (AvgIpc) is 3.30. The number of carbonyl (C=O) groups excluding carboxylic acids is 1. The SMILES string of the molecule is Cc1noc2nc(-c3ccco3)cc(C(=O)N3CCN(C)C[C@H]3CN)c12. The summed E-state index contributed by atoms with van der Waals surface area (Å²) in [5.74, 6) is 0.490. The minimum Gasteiger partial charge on any atom is -0.463 e. The van der Waals surface area contributed by atoms with Crippen LogP contribution in [0.25, 0.3) is 22.6 Å². The van der Waals surface area contributed by atoms with Gasteiger partial charge < -0.3 is 24.5 Å². The molecule has 8 nitrogen and oxygen atoms in total. The van der Waals surface area contributed by atoms with Crippen molar-refractivity contribution < 1.29 is 13.7 Å². The zero-order chi connectivity index (χ0) is 18.3. The number of piperazine rings is 1. The van der Waals surface area contributed by atoms with E-state index in [1.54, 1.807) is 31.4 Å². The molecule has 4 heterocycles. The van der Waals surface area contributed by atoms with Crippen LogP contribution >= 0.6 is 0 Å². The maximum atomic E-state index is 13.4. The number of aromatic nitrogens is 2. The van der Waals surface area contributed by atoms with Crippen molar-refractivity contribution in [1.29, 1.82) is 0 Å². The van der Waals surface area contributed by atoms with Crippen molar-refractivity contribution in [3.63, 3.8) is 0 Å². The molecule has 8 heteroatoms. The van der Waals surface area contributed by atoms with Gasteiger partial charge in [0.2, 0.25) is 0 Å². The molecule has 1 aliphatic heterocycles. The number of carbonyl (C=O) groups is 1. The first-order valence-corrected chi connectivity index (χ1v) is 8.59. The van der Waals surface area contributed by atoms with E-state index >= 15 is 0 Å². The molecule has 0 aromatic carbocycles. The van der Waals surface area contributed by atoms with Gasteiger partial charge in [0, 0.05) is 26.2 Å². The maximum absolute atomic E-state index is 13.4. The molecule has 136 valence electrons. The second kappa shape index (κ2) is 6.54. The van der Waals surface area contributed by atoms with E-state index in [-0.39, 0.29) is 11.9 Å². The van der Waals surface area contributed by atoms with Crippen molar-refractivity contribution in [2.24, 2.45) is 5.73 Å². The highest BCUT2D eigenvalue weighted by atomic mass is 16.5. The van der Waals surface area contributed by atoms with Gasteiger partial charge in [0.1, 0.15) is 5.69 Å². The highest BCUT2D eigenvalue weighted by Gasteiger charge is 2.31. The van der Waals surface area contributed by atoms with Gasteiger partial charge in [0.05, 0.1) is 28.9 Å². The van der Waals surface area contributed by atoms with E-state index in [0.29, 0.717) is 46.9 Å². The molecule has 1 atom stereocenters. The molecular weight excluding hydrogens is 334 g/mol. The molecule has 3 aromatic heterocycles. The van der Waals surface area contributed by atoms with Crippen LogP contribution < -0.4 is 5.73 Å². The van der Waals surface area contributed by atoms with Crippen molar-refractivity contribution in [3.05, 3.63) is 35.7 Å². The summed E-state index contributed by atoms with van der Waals surface area (Å²) >= 11 is 0. The summed E-state index contributed by atoms with van der Waals surface area (Å²) in [5.41, 5.74) is 7.95. The molecule has 0 aliphatic carbocycles. The Kier molecular flexibility index (Phi) is 4.21. The molecule has 4 rings (SSSR count). The van der Waals surface area contributed by atoms with Gasteiger partial charge in [-0.25, -0.2) is 4.98 Å². The molecule has 2 N–H and O–H groups in total. The monoisotopic (exact) mass is 355 g/mol. The number of fused-ring (bicyclic) bond motifs is 1. The van der Waals surface area contributed by atoms with Crippen LogP contribution in [0.1, 0.15) is 16.1 Å². The molecule has 3 aromatic rings. The smallest absolute Gasteiger partial charge is 0.259 e. The van der Waals surface area contributed by atoms with Gasteiger partial charge in [-0.15, -0.1) is 0 Å². The van der Waals surface area contributed by atoms with E-state index < -0.39 is 0 Å². The van der Waals surface area contributed by atoms with Crippen LogP contribution in [0.4, 0.5) is 0 Å². The van der Waals surface area contributed by atoms with E-state index in [0.717, 1.165) is 13.1 Å². The van der Waals surface area contributed by atoms with Gasteiger partial charge >= 0.3 is 0 Å². The highest BCUT2D eigenvalue weighted by Crippen LogP contribution is 2.29. The third-order valence-corrected chi connectivity index (χ3v) is 4.84. The van der Waals surface area contributed by atoms with Crippen molar-refractivity contribution in [2.75, 3.05) is 33.2 Å². The number of furan rings is 1. The molecule has 1 aliphatic rings. The zero-order valence-electron chi connectivity index (χ0n) is 14.8. The lowest BCUT2D eigenvalue weighted by atomic mass is 10.0. The van der Waals surface area contributed by atoms with Crippen LogP contribution in [0, 0.1) is 6.92 Å². The minimum absolute atomic E-state index is 0.0308. The Morgan fingerprint density at radius 3 is 3.00 bits per heavy atom. The van der Waals surface area contributed by atoms with E-state index in [1.165, 1.54) is 0 Å². The Hall–Kier alpha value is -2.71. The molecule has 0 unspecified atom stereocenters. The van der Waals surface area contributed by atoms with Gasteiger partial charge in [0.25, 0.3) is 11.6 Å². The fraction of sp³-hybridized carbons (Fsp3) is 0.389. The molecule has 1 saturated heterocycles. The van der Waals surface area contributed by atoms with Crippen molar-refractivity contribution >= 4 is 17.0 Å². The maximum Gasteiger partial charge on any atom is 0.259 e. The van der Waals surface area contributed by atoms with Gasteiger partial charge in [-0.05, 0) is 32.2 Å². The van der Waals surface area contributed by atoms with Gasteiger partial charge in [-0.3, -0.25) is 4.79 Å². The predicted octanol–water partition coefficient (Wildman–Crippen LogP) is 1.51. The fourth-order valence-electron chi connectivity index (χ4n) is 3.45. The summed E-state index contributed by atoms with van der Waals surface area (Å²) in [4.78, 5) is 21.9. The number of nitrogens with two attached hydrogens (primary N) is 1. The lowest BCUT2D eigenvalue weighted by Gasteiger charge is -2.39. The first-order valence-electron chi connectivity index (χ1n) is 8.59. The molecule has 0 bridgehead atoms. The average molecular weight is 355 g/mol. The minimum atomic E-state index is -0.0833. The Morgan fingerprint density at radius 2 is 2.27 bits per heavy atom. The number of nitrogens with zero attached hydrogens (tertiary/aromatic N) is 4. The number of rotatable bonds is 3. The van der Waals surface area contributed by atoms with Crippen LogP contribution in [0.2, 0.25) is 0 Å². The van der Waals surface area contributed by atoms with E-state index in [2.05, 4.69) is 15.0 Å². The van der Waals surface area contributed by atoms with E-state index in [9.17, 15) is 4.79 Å². The lowest BCUT2D eigenvalue weighted by Crippen LogP contribution is -2.56. The molecule has 26 heavy (non-hydrogen) atoms. The number of pyridine rings is 1. The van der Waals surface area contributed by atoms with Gasteiger partial charge in [0.15, 0.2) is 5.76 Å². The molecule has 1 amide bonds. The second-order valence-electron chi connectivity index (χ2n) is 6.63. The zero-order valence-corrected chi connectivity index (χ0v) is 14.8. The molecule has 0 spiro atoms. The Morgan fingerprint density at radius 1 is 1.42 bits per heavy atom.